The highest BCUT2D eigenvalue weighted by molar-refractivity contribution is 8.05. The maximum Gasteiger partial charge on any atom is 0.148 e. The molecule has 0 radical (unpaired) electrons. The molecule has 3 aromatic rings. The van der Waals surface area contributed by atoms with E-state index in [1.807, 2.05) is 27.9 Å². The molecule has 32 atom stereocenters. The third kappa shape index (κ3) is 12.7. The molecule has 0 spiro atoms. The van der Waals surface area contributed by atoms with E-state index in [9.17, 15) is 0 Å². The van der Waals surface area contributed by atoms with E-state index in [1.54, 1.807) is 65.5 Å². The number of rotatable bonds is 8. The summed E-state index contributed by atoms with van der Waals surface area (Å²) in [6, 6.07) is 26.1. The molecule has 0 N–H and O–H groups in total. The van der Waals surface area contributed by atoms with Gasteiger partial charge in [0.15, 0.2) is 0 Å². The second kappa shape index (κ2) is 31.1. The summed E-state index contributed by atoms with van der Waals surface area (Å²) in [5.74, 6) is 18.7. The number of benzene rings is 3. The predicted octanol–water partition coefficient (Wildman–Crippen LogP) is 28.7. The van der Waals surface area contributed by atoms with Crippen LogP contribution in [0.1, 0.15) is 263 Å². The SMILES string of the molecule is C=C1C2c3ccccc3SC2BC2C3CC4C(=CC3C(C3C=CCCC3)C3=CC([C@H]5Cc6ccccc6CCC6CC=CCC65)CC(C1C1CC=CCC1)C32)C(C1C=CC=CC1)c1cc2c(cc1C4(C)C)C1BC3SC4=C(C=CCC4)C3/C=C(/C3=CCCCC3)C3CC(CC4C5CCC=CC5C5CC5C5CCCCC45)C=C(C2C2=CCCC=C2)C31. The van der Waals surface area contributed by atoms with Gasteiger partial charge < -0.3 is 0 Å². The van der Waals surface area contributed by atoms with E-state index in [2.05, 4.69) is 232 Å². The van der Waals surface area contributed by atoms with Crippen molar-refractivity contribution < 1.29 is 0 Å². The Hall–Kier alpha value is -5.67. The van der Waals surface area contributed by atoms with Crippen molar-refractivity contribution in [1.29, 1.82) is 0 Å². The number of aryl methyl sites for hydroxylation is 1. The predicted molar refractivity (Wildman–Crippen MR) is 509 cm³/mol. The highest BCUT2D eigenvalue weighted by Gasteiger charge is 2.64. The highest BCUT2D eigenvalue weighted by Crippen LogP contribution is 2.73. The lowest BCUT2D eigenvalue weighted by molar-refractivity contribution is 0.0371. The number of thioether (sulfide) groups is 2. The van der Waals surface area contributed by atoms with Gasteiger partial charge in [-0.05, 0) is 422 Å². The van der Waals surface area contributed by atoms with Crippen LogP contribution in [-0.2, 0) is 18.3 Å². The highest BCUT2D eigenvalue weighted by atomic mass is 32.2. The first-order valence-corrected chi connectivity index (χ1v) is 52.6. The zero-order chi connectivity index (χ0) is 79.2. The Bertz CT molecular complexity index is 5090. The smallest absolute Gasteiger partial charge is 0.134 e. The van der Waals surface area contributed by atoms with E-state index in [-0.39, 0.29) is 11.3 Å². The maximum absolute atomic E-state index is 5.70. The van der Waals surface area contributed by atoms with Crippen LogP contribution in [0.4, 0.5) is 0 Å². The summed E-state index contributed by atoms with van der Waals surface area (Å²) in [6.07, 6.45) is 102. The Morgan fingerprint density at radius 2 is 1.36 bits per heavy atom. The average Bonchev–Trinajstić information content (AvgIpc) is 0.744. The first kappa shape index (κ1) is 76.7. The van der Waals surface area contributed by atoms with Gasteiger partial charge >= 0.3 is 0 Å². The van der Waals surface area contributed by atoms with E-state index in [4.69, 9.17) is 6.58 Å². The molecular formula is C116H136B2S2. The molecule has 4 aliphatic heterocycles. The van der Waals surface area contributed by atoms with E-state index < -0.39 is 0 Å². The first-order valence-electron chi connectivity index (χ1n) is 50.8. The van der Waals surface area contributed by atoms with Gasteiger partial charge in [-0.2, -0.15) is 0 Å². The molecule has 31 unspecified atom stereocenters. The fourth-order valence-electron chi connectivity index (χ4n) is 34.7. The lowest BCUT2D eigenvalue weighted by Crippen LogP contribution is -2.55. The molecule has 4 heterocycles. The van der Waals surface area contributed by atoms with Crippen molar-refractivity contribution in [3.05, 3.63) is 289 Å². The maximum atomic E-state index is 5.70. The van der Waals surface area contributed by atoms with E-state index in [0.717, 1.165) is 59.7 Å². The van der Waals surface area contributed by atoms with Gasteiger partial charge in [-0.1, -0.05) is 250 Å². The fraction of sp³-hybridized carbons (Fsp3) is 0.569. The molecule has 4 saturated carbocycles. The van der Waals surface area contributed by atoms with Crippen LogP contribution < -0.4 is 0 Å². The fourth-order valence-corrected chi connectivity index (χ4v) is 37.9. The van der Waals surface area contributed by atoms with E-state index >= 15 is 0 Å². The van der Waals surface area contributed by atoms with Crippen LogP contribution in [0.15, 0.2) is 255 Å². The van der Waals surface area contributed by atoms with Crippen LogP contribution in [0, 0.1) is 148 Å². The third-order valence-electron chi connectivity index (χ3n) is 39.5. The molecule has 0 amide bonds. The zero-order valence-electron chi connectivity index (χ0n) is 72.8. The third-order valence-corrected chi connectivity index (χ3v) is 42.4. The van der Waals surface area contributed by atoms with Crippen molar-refractivity contribution in [2.24, 2.45) is 148 Å². The van der Waals surface area contributed by atoms with E-state index in [1.165, 1.54) is 207 Å². The zero-order valence-corrected chi connectivity index (χ0v) is 74.4. The summed E-state index contributed by atoms with van der Waals surface area (Å²) in [6.45, 7) is 11.5. The first-order chi connectivity index (χ1) is 59.2. The van der Waals surface area contributed by atoms with Crippen molar-refractivity contribution in [2.75, 3.05) is 0 Å². The van der Waals surface area contributed by atoms with Gasteiger partial charge in [0.2, 0.25) is 0 Å². The lowest BCUT2D eigenvalue weighted by Gasteiger charge is -2.62. The Balaban J connectivity index is 0.692. The van der Waals surface area contributed by atoms with Gasteiger partial charge in [-0.25, -0.2) is 0 Å². The second-order valence-electron chi connectivity index (χ2n) is 44.9. The van der Waals surface area contributed by atoms with Crippen LogP contribution >= 0.6 is 23.5 Å². The molecular weight excluding hydrogens is 1480 g/mol. The molecule has 25 rings (SSSR count). The average molecular weight is 1620 g/mol. The van der Waals surface area contributed by atoms with Gasteiger partial charge in [-0.3, -0.25) is 0 Å². The molecule has 5 fully saturated rings. The molecule has 1 saturated heterocycles. The molecule has 22 aliphatic rings. The van der Waals surface area contributed by atoms with Crippen LogP contribution in [-0.4, -0.2) is 24.9 Å². The van der Waals surface area contributed by atoms with Gasteiger partial charge in [0.05, 0.1) is 0 Å². The summed E-state index contributed by atoms with van der Waals surface area (Å²) in [4.78, 5) is 3.32. The molecule has 120 heavy (non-hydrogen) atoms. The van der Waals surface area contributed by atoms with Gasteiger partial charge in [0.25, 0.3) is 0 Å². The summed E-state index contributed by atoms with van der Waals surface area (Å²) < 4.78 is 0. The van der Waals surface area contributed by atoms with Gasteiger partial charge in [-0.15, -0.1) is 23.5 Å². The van der Waals surface area contributed by atoms with Crippen molar-refractivity contribution in [1.82, 2.24) is 0 Å². The quantitative estimate of drug-likeness (QED) is 0.163. The van der Waals surface area contributed by atoms with E-state index in [0.29, 0.717) is 128 Å². The van der Waals surface area contributed by atoms with Crippen molar-refractivity contribution in [3.63, 3.8) is 0 Å². The largest absolute Gasteiger partial charge is 0.148 e. The Morgan fingerprint density at radius 1 is 0.483 bits per heavy atom. The summed E-state index contributed by atoms with van der Waals surface area (Å²) in [5, 5.41) is 1.08. The summed E-state index contributed by atoms with van der Waals surface area (Å²) >= 11 is 4.71. The molecule has 0 nitrogen and oxygen atoms in total. The van der Waals surface area contributed by atoms with Crippen LogP contribution in [0.25, 0.3) is 0 Å². The van der Waals surface area contributed by atoms with Crippen LogP contribution in [0.3, 0.4) is 0 Å². The van der Waals surface area contributed by atoms with Crippen molar-refractivity contribution in [3.8, 4) is 0 Å². The molecule has 618 valence electrons. The standard InChI is InChI=1S/C116H136B2S2/c1-67-105(72-35-11-5-12-36-72)99-59-77(85-58-76-43-20-19-31-69(76)53-54-71-34-21-22-44-78(71)85)60-100-108(74-39-15-7-16-40-74)92-64-97-102(66-94(92)113(111(99)100)118-115-106(67)84-50-28-30-52-104(84)120-115)116(2,3)101-65-93-91(63-96(101)109(97)75-41-17-8-18-42-75)107(73-37-13-6-14-38-73)98-57-68(55-87-79-45-23-25-47-81(79)88-62-89(88)82-48-26-24-46-80(82)87)56-90-86(70-32-9-4-10-33-70)61-95-83-49-27-29-51-103(83)119-114(95)117-112(93)110(90)98/h5,8,11,13,15,17-22,25,27-28,30-32,37-39,41,43,47,49-50,52,57,60-61,63-65,68,71-72,74-75,77-82,85,87-90,92,94-95,99,102,105-115,117-118H,1,4,6-7,9-10,12,14,16,23-24,26,29,33-36,40,42,44-46,48,51,53-56,58-59,62,66H2,2-3H3/b86-61-/t68?,71?,72?,74?,75?,77?,78?,79?,80?,81?,82?,85-,87?,88?,89?,90?,92?,94?,95?,99?,102?,105?,106?,107?,108?,109?,110?,111?,112?,113?,114?,115?/m1/s1. The molecule has 0 bridgehead atoms. The Morgan fingerprint density at radius 3 is 2.23 bits per heavy atom. The van der Waals surface area contributed by atoms with Crippen molar-refractivity contribution >= 4 is 38.1 Å². The molecule has 18 aliphatic carbocycles. The Kier molecular flexibility index (Phi) is 19.9. The number of hydrogen-bond acceptors (Lipinski definition) is 2. The number of allylic oxidation sites excluding steroid dienone is 31. The molecule has 0 aromatic heterocycles. The molecule has 3 aromatic carbocycles. The number of fused-ring (bicyclic) bond motifs is 18. The second-order valence-corrected chi connectivity index (χ2v) is 47.5. The Labute approximate surface area is 732 Å². The van der Waals surface area contributed by atoms with Crippen LogP contribution in [0.2, 0.25) is 5.82 Å². The normalized spacial score (nSPS) is 44.4. The lowest BCUT2D eigenvalue weighted by atomic mass is 9.34. The van der Waals surface area contributed by atoms with Gasteiger partial charge in [0, 0.05) is 28.6 Å². The minimum atomic E-state index is -0.0721. The minimum Gasteiger partial charge on any atom is -0.134 e. The van der Waals surface area contributed by atoms with Crippen LogP contribution in [0.5, 0.6) is 0 Å². The minimum absolute atomic E-state index is 0.0721. The van der Waals surface area contributed by atoms with Crippen molar-refractivity contribution in [2.45, 2.75) is 263 Å². The monoisotopic (exact) mass is 1620 g/mol. The number of hydrogen-bond donors (Lipinski definition) is 0. The van der Waals surface area contributed by atoms with Gasteiger partial charge in [0.1, 0.15) is 14.6 Å². The summed E-state index contributed by atoms with van der Waals surface area (Å²) in [7, 11) is 2.61. The topological polar surface area (TPSA) is 0 Å². The molecule has 4 heteroatoms. The summed E-state index contributed by atoms with van der Waals surface area (Å²) in [5.41, 5.74) is 26.5.